The Kier molecular flexibility index (Phi) is 4.18. The number of imidazole rings is 1. The predicted octanol–water partition coefficient (Wildman–Crippen LogP) is 3.49. The first kappa shape index (κ1) is 16.0. The van der Waals surface area contributed by atoms with Gasteiger partial charge in [-0.25, -0.2) is 4.98 Å². The molecule has 130 valence electrons. The van der Waals surface area contributed by atoms with Crippen molar-refractivity contribution in [3.05, 3.63) is 60.0 Å². The van der Waals surface area contributed by atoms with Gasteiger partial charge in [0.1, 0.15) is 0 Å². The van der Waals surface area contributed by atoms with Gasteiger partial charge in [-0.05, 0) is 19.1 Å². The third-order valence-electron chi connectivity index (χ3n) is 3.99. The fourth-order valence-electron chi connectivity index (χ4n) is 2.60. The molecule has 0 fully saturated rings. The third-order valence-corrected chi connectivity index (χ3v) is 3.99. The van der Waals surface area contributed by atoms with E-state index in [-0.39, 0.29) is 12.3 Å². The summed E-state index contributed by atoms with van der Waals surface area (Å²) in [5.74, 6) is 1.22. The molecule has 0 unspecified atom stereocenters. The van der Waals surface area contributed by atoms with Gasteiger partial charge in [0.2, 0.25) is 23.6 Å². The molecule has 0 atom stereocenters. The zero-order valence-corrected chi connectivity index (χ0v) is 14.2. The fraction of sp³-hybridized carbons (Fsp3) is 0.158. The second kappa shape index (κ2) is 6.79. The number of amides is 1. The molecule has 0 aliphatic rings. The number of hydrogen-bond donors (Lipinski definition) is 2. The van der Waals surface area contributed by atoms with Crippen LogP contribution in [0.25, 0.3) is 22.4 Å². The molecule has 0 saturated heterocycles. The standard InChI is InChI=1S/C19H17N5O2/c1-12-6-8-13(9-7-12)18-23-17(26-24-18)11-10-16(25)22-19-20-14-4-2-3-5-15(14)21-19/h2-9H,10-11H2,1H3,(H2,20,21,22,25). The Balaban J connectivity index is 1.36. The van der Waals surface area contributed by atoms with Crippen LogP contribution in [0.5, 0.6) is 0 Å². The molecule has 2 N–H and O–H groups in total. The van der Waals surface area contributed by atoms with Crippen molar-refractivity contribution in [3.8, 4) is 11.4 Å². The first-order valence-electron chi connectivity index (χ1n) is 8.31. The molecule has 0 bridgehead atoms. The van der Waals surface area contributed by atoms with E-state index in [0.717, 1.165) is 16.6 Å². The maximum Gasteiger partial charge on any atom is 0.227 e. The third kappa shape index (κ3) is 3.46. The fourth-order valence-corrected chi connectivity index (χ4v) is 2.60. The van der Waals surface area contributed by atoms with Gasteiger partial charge < -0.3 is 9.51 Å². The number of aromatic nitrogens is 4. The van der Waals surface area contributed by atoms with Gasteiger partial charge in [0.25, 0.3) is 0 Å². The highest BCUT2D eigenvalue weighted by Gasteiger charge is 2.12. The van der Waals surface area contributed by atoms with E-state index in [4.69, 9.17) is 4.52 Å². The first-order chi connectivity index (χ1) is 12.7. The summed E-state index contributed by atoms with van der Waals surface area (Å²) >= 11 is 0. The molecule has 0 saturated carbocycles. The van der Waals surface area contributed by atoms with Crippen LogP contribution < -0.4 is 5.32 Å². The molecule has 7 nitrogen and oxygen atoms in total. The molecule has 4 aromatic rings. The van der Waals surface area contributed by atoms with Crippen LogP contribution >= 0.6 is 0 Å². The largest absolute Gasteiger partial charge is 0.339 e. The van der Waals surface area contributed by atoms with Crippen molar-refractivity contribution in [1.82, 2.24) is 20.1 Å². The summed E-state index contributed by atoms with van der Waals surface area (Å²) in [4.78, 5) is 23.8. The minimum atomic E-state index is -0.167. The first-order valence-corrected chi connectivity index (χ1v) is 8.31. The number of fused-ring (bicyclic) bond motifs is 1. The van der Waals surface area contributed by atoms with Crippen molar-refractivity contribution in [2.75, 3.05) is 5.32 Å². The van der Waals surface area contributed by atoms with Crippen LogP contribution in [0, 0.1) is 6.92 Å². The highest BCUT2D eigenvalue weighted by atomic mass is 16.5. The van der Waals surface area contributed by atoms with E-state index >= 15 is 0 Å². The number of H-pyrrole nitrogens is 1. The number of nitrogens with one attached hydrogen (secondary N) is 2. The topological polar surface area (TPSA) is 96.7 Å². The molecule has 7 heteroatoms. The molecule has 0 spiro atoms. The van der Waals surface area contributed by atoms with E-state index in [1.807, 2.05) is 55.5 Å². The second-order valence-corrected chi connectivity index (χ2v) is 6.03. The lowest BCUT2D eigenvalue weighted by Gasteiger charge is -1.99. The van der Waals surface area contributed by atoms with Crippen LogP contribution in [0.4, 0.5) is 5.95 Å². The Bertz CT molecular complexity index is 1020. The van der Waals surface area contributed by atoms with Crippen molar-refractivity contribution in [2.24, 2.45) is 0 Å². The lowest BCUT2D eigenvalue weighted by molar-refractivity contribution is -0.116. The molecule has 1 amide bonds. The SMILES string of the molecule is Cc1ccc(-c2noc(CCC(=O)Nc3nc4ccccc4[nH]3)n2)cc1. The number of para-hydroxylation sites is 2. The van der Waals surface area contributed by atoms with Crippen LogP contribution in [-0.2, 0) is 11.2 Å². The van der Waals surface area contributed by atoms with Gasteiger partial charge in [-0.1, -0.05) is 47.1 Å². The second-order valence-electron chi connectivity index (χ2n) is 6.03. The summed E-state index contributed by atoms with van der Waals surface area (Å²) in [6.45, 7) is 2.02. The Hall–Kier alpha value is -3.48. The Morgan fingerprint density at radius 3 is 2.73 bits per heavy atom. The Morgan fingerprint density at radius 1 is 1.12 bits per heavy atom. The number of carbonyl (C=O) groups is 1. The number of aryl methyl sites for hydroxylation is 2. The van der Waals surface area contributed by atoms with Crippen molar-refractivity contribution in [1.29, 1.82) is 0 Å². The van der Waals surface area contributed by atoms with E-state index in [0.29, 0.717) is 24.1 Å². The zero-order valence-electron chi connectivity index (χ0n) is 14.2. The van der Waals surface area contributed by atoms with Crippen molar-refractivity contribution in [2.45, 2.75) is 19.8 Å². The number of hydrogen-bond acceptors (Lipinski definition) is 5. The van der Waals surface area contributed by atoms with Crippen LogP contribution in [0.15, 0.2) is 53.1 Å². The molecule has 26 heavy (non-hydrogen) atoms. The Morgan fingerprint density at radius 2 is 1.92 bits per heavy atom. The molecule has 0 aliphatic heterocycles. The van der Waals surface area contributed by atoms with Gasteiger partial charge in [-0.3, -0.25) is 10.1 Å². The number of aromatic amines is 1. The van der Waals surface area contributed by atoms with Gasteiger partial charge in [0, 0.05) is 18.4 Å². The van der Waals surface area contributed by atoms with Crippen LogP contribution in [0.1, 0.15) is 17.9 Å². The average Bonchev–Trinajstić information content (AvgIpc) is 3.27. The molecule has 2 aromatic carbocycles. The minimum absolute atomic E-state index is 0.167. The van der Waals surface area contributed by atoms with E-state index < -0.39 is 0 Å². The van der Waals surface area contributed by atoms with Crippen LogP contribution in [-0.4, -0.2) is 26.0 Å². The summed E-state index contributed by atoms with van der Waals surface area (Å²) in [7, 11) is 0. The van der Waals surface area contributed by atoms with Crippen molar-refractivity contribution < 1.29 is 9.32 Å². The summed E-state index contributed by atoms with van der Waals surface area (Å²) in [5.41, 5.74) is 3.74. The molecule has 0 aliphatic carbocycles. The Labute approximate surface area is 149 Å². The van der Waals surface area contributed by atoms with Gasteiger partial charge in [-0.15, -0.1) is 0 Å². The smallest absolute Gasteiger partial charge is 0.227 e. The quantitative estimate of drug-likeness (QED) is 0.576. The van der Waals surface area contributed by atoms with Gasteiger partial charge in [-0.2, -0.15) is 4.98 Å². The summed E-state index contributed by atoms with van der Waals surface area (Å²) < 4.78 is 5.23. The molecule has 2 heterocycles. The van der Waals surface area contributed by atoms with Crippen LogP contribution in [0.3, 0.4) is 0 Å². The maximum absolute atomic E-state index is 12.1. The monoisotopic (exact) mass is 347 g/mol. The number of rotatable bonds is 5. The number of nitrogens with zero attached hydrogens (tertiary/aromatic N) is 3. The van der Waals surface area contributed by atoms with E-state index in [2.05, 4.69) is 25.4 Å². The number of anilines is 1. The lowest BCUT2D eigenvalue weighted by atomic mass is 10.1. The maximum atomic E-state index is 12.1. The van der Waals surface area contributed by atoms with Gasteiger partial charge in [0.05, 0.1) is 11.0 Å². The van der Waals surface area contributed by atoms with Crippen LogP contribution in [0.2, 0.25) is 0 Å². The summed E-state index contributed by atoms with van der Waals surface area (Å²) in [5, 5.41) is 6.72. The normalized spacial score (nSPS) is 11.0. The lowest BCUT2D eigenvalue weighted by Crippen LogP contribution is -2.13. The number of carbonyl (C=O) groups excluding carboxylic acids is 1. The molecular weight excluding hydrogens is 330 g/mol. The zero-order chi connectivity index (χ0) is 17.9. The predicted molar refractivity (Wildman–Crippen MR) is 97.5 cm³/mol. The number of benzene rings is 2. The minimum Gasteiger partial charge on any atom is -0.339 e. The summed E-state index contributed by atoms with van der Waals surface area (Å²) in [6.07, 6.45) is 0.595. The molecule has 2 aromatic heterocycles. The van der Waals surface area contributed by atoms with Crippen molar-refractivity contribution >= 4 is 22.9 Å². The summed E-state index contributed by atoms with van der Waals surface area (Å²) in [6, 6.07) is 15.5. The van der Waals surface area contributed by atoms with Gasteiger partial charge >= 0.3 is 0 Å². The average molecular weight is 347 g/mol. The molecule has 0 radical (unpaired) electrons. The molecule has 4 rings (SSSR count). The van der Waals surface area contributed by atoms with Gasteiger partial charge in [0.15, 0.2) is 0 Å². The molecular formula is C19H17N5O2. The highest BCUT2D eigenvalue weighted by molar-refractivity contribution is 5.91. The van der Waals surface area contributed by atoms with E-state index in [1.54, 1.807) is 0 Å². The van der Waals surface area contributed by atoms with Crippen molar-refractivity contribution in [3.63, 3.8) is 0 Å². The van der Waals surface area contributed by atoms with E-state index in [9.17, 15) is 4.79 Å². The highest BCUT2D eigenvalue weighted by Crippen LogP contribution is 2.17. The van der Waals surface area contributed by atoms with E-state index in [1.165, 1.54) is 5.56 Å².